The van der Waals surface area contributed by atoms with Crippen molar-refractivity contribution < 1.29 is 9.15 Å². The van der Waals surface area contributed by atoms with E-state index in [0.717, 1.165) is 22.2 Å². The smallest absolute Gasteiger partial charge is 0.336 e. The van der Waals surface area contributed by atoms with E-state index in [-0.39, 0.29) is 36.5 Å². The first kappa shape index (κ1) is 23.9. The maximum absolute atomic E-state index is 11.5. The summed E-state index contributed by atoms with van der Waals surface area (Å²) in [7, 11) is 0. The van der Waals surface area contributed by atoms with Gasteiger partial charge in [-0.15, -0.1) is 24.8 Å². The third-order valence-electron chi connectivity index (χ3n) is 4.17. The van der Waals surface area contributed by atoms with Crippen molar-refractivity contribution in [3.8, 4) is 5.75 Å². The Labute approximate surface area is 176 Å². The highest BCUT2D eigenvalue weighted by atomic mass is 35.5. The predicted molar refractivity (Wildman–Crippen MR) is 116 cm³/mol. The number of hydrogen-bond donors (Lipinski definition) is 2. The summed E-state index contributed by atoms with van der Waals surface area (Å²) in [4.78, 5) is 15.8. The van der Waals surface area contributed by atoms with Gasteiger partial charge in [-0.2, -0.15) is 0 Å². The average Bonchev–Trinajstić information content (AvgIpc) is 2.64. The van der Waals surface area contributed by atoms with Gasteiger partial charge >= 0.3 is 5.63 Å². The summed E-state index contributed by atoms with van der Waals surface area (Å²) < 4.78 is 11.1. The first-order valence-electron chi connectivity index (χ1n) is 8.59. The van der Waals surface area contributed by atoms with Gasteiger partial charge in [0.1, 0.15) is 17.9 Å². The number of nitrogens with two attached hydrogens (primary N) is 1. The molecular formula is C20H25Cl2N3O3. The Morgan fingerprint density at radius 2 is 2.00 bits per heavy atom. The van der Waals surface area contributed by atoms with E-state index in [2.05, 4.69) is 10.3 Å². The summed E-state index contributed by atoms with van der Waals surface area (Å²) >= 11 is 0. The average molecular weight is 426 g/mol. The van der Waals surface area contributed by atoms with E-state index < -0.39 is 0 Å². The highest BCUT2D eigenvalue weighted by Gasteiger charge is 2.07. The van der Waals surface area contributed by atoms with E-state index >= 15 is 0 Å². The van der Waals surface area contributed by atoms with Crippen LogP contribution >= 0.6 is 24.8 Å². The maximum atomic E-state index is 11.5. The lowest BCUT2D eigenvalue weighted by Gasteiger charge is -2.15. The molecule has 1 unspecified atom stereocenters. The molecule has 0 amide bonds. The van der Waals surface area contributed by atoms with Crippen LogP contribution in [0.1, 0.15) is 23.7 Å². The molecule has 0 aliphatic carbocycles. The Kier molecular flexibility index (Phi) is 9.41. The van der Waals surface area contributed by atoms with Crippen molar-refractivity contribution in [1.82, 2.24) is 10.3 Å². The third kappa shape index (κ3) is 6.21. The Morgan fingerprint density at radius 3 is 2.75 bits per heavy atom. The van der Waals surface area contributed by atoms with Crippen LogP contribution < -0.4 is 21.4 Å². The van der Waals surface area contributed by atoms with Crippen molar-refractivity contribution in [2.45, 2.75) is 33.0 Å². The van der Waals surface area contributed by atoms with E-state index in [1.54, 1.807) is 12.3 Å². The van der Waals surface area contributed by atoms with E-state index in [1.165, 1.54) is 6.07 Å². The van der Waals surface area contributed by atoms with Gasteiger partial charge in [-0.3, -0.25) is 4.98 Å². The number of hydrogen-bond acceptors (Lipinski definition) is 6. The quantitative estimate of drug-likeness (QED) is 0.563. The molecule has 0 aliphatic heterocycles. The van der Waals surface area contributed by atoms with Crippen LogP contribution in [0.25, 0.3) is 11.0 Å². The molecule has 6 nitrogen and oxygen atoms in total. The molecule has 0 bridgehead atoms. The molecule has 3 rings (SSSR count). The van der Waals surface area contributed by atoms with Crippen molar-refractivity contribution in [2.75, 3.05) is 6.61 Å². The minimum absolute atomic E-state index is 0. The van der Waals surface area contributed by atoms with Crippen molar-refractivity contribution >= 4 is 35.8 Å². The monoisotopic (exact) mass is 425 g/mol. The number of halogens is 2. The fourth-order valence-electron chi connectivity index (χ4n) is 2.71. The minimum atomic E-state index is -0.352. The molecule has 0 fully saturated rings. The number of nitrogens with zero attached hydrogens (tertiary/aromatic N) is 1. The summed E-state index contributed by atoms with van der Waals surface area (Å²) in [6.45, 7) is 5.56. The molecule has 0 saturated carbocycles. The van der Waals surface area contributed by atoms with Crippen LogP contribution in [-0.2, 0) is 13.1 Å². The largest absolute Gasteiger partial charge is 0.492 e. The van der Waals surface area contributed by atoms with Crippen molar-refractivity contribution in [3.63, 3.8) is 0 Å². The fourth-order valence-corrected chi connectivity index (χ4v) is 2.71. The lowest BCUT2D eigenvalue weighted by molar-refractivity contribution is 0.272. The third-order valence-corrected chi connectivity index (χ3v) is 4.17. The van der Waals surface area contributed by atoms with E-state index in [4.69, 9.17) is 14.9 Å². The summed E-state index contributed by atoms with van der Waals surface area (Å²) in [5.74, 6) is 0.670. The molecule has 2 aromatic heterocycles. The first-order chi connectivity index (χ1) is 12.5. The van der Waals surface area contributed by atoms with Crippen molar-refractivity contribution in [1.29, 1.82) is 0 Å². The number of fused-ring (bicyclic) bond motifs is 1. The summed E-state index contributed by atoms with van der Waals surface area (Å²) in [6.07, 6.45) is 1.77. The number of nitrogens with one attached hydrogen (secondary N) is 1. The van der Waals surface area contributed by atoms with Gasteiger partial charge in [-0.05, 0) is 49.2 Å². The maximum Gasteiger partial charge on any atom is 0.336 e. The molecule has 0 radical (unpaired) electrons. The van der Waals surface area contributed by atoms with Crippen LogP contribution in [0.5, 0.6) is 5.75 Å². The van der Waals surface area contributed by atoms with Gasteiger partial charge in [-0.1, -0.05) is 0 Å². The number of benzene rings is 1. The Balaban J connectivity index is 0.00000196. The van der Waals surface area contributed by atoms with E-state index in [1.807, 2.05) is 38.1 Å². The SMILES string of the molecule is Cc1cc(=O)oc2cc(OCC(C)NCc3cc(CN)ccn3)ccc12.Cl.Cl. The normalized spacial score (nSPS) is 11.4. The topological polar surface area (TPSA) is 90.4 Å². The molecule has 8 heteroatoms. The van der Waals surface area contributed by atoms with Crippen LogP contribution in [-0.4, -0.2) is 17.6 Å². The zero-order valence-electron chi connectivity index (χ0n) is 15.8. The molecule has 152 valence electrons. The molecule has 28 heavy (non-hydrogen) atoms. The number of rotatable bonds is 7. The fraction of sp³-hybridized carbons (Fsp3) is 0.300. The number of ether oxygens (including phenoxy) is 1. The summed E-state index contributed by atoms with van der Waals surface area (Å²) in [5, 5.41) is 4.29. The highest BCUT2D eigenvalue weighted by molar-refractivity contribution is 5.85. The van der Waals surface area contributed by atoms with Crippen LogP contribution in [0.4, 0.5) is 0 Å². The van der Waals surface area contributed by atoms with Crippen LogP contribution in [0.15, 0.2) is 51.8 Å². The zero-order chi connectivity index (χ0) is 18.5. The van der Waals surface area contributed by atoms with Gasteiger partial charge in [0, 0.05) is 42.8 Å². The second-order valence-electron chi connectivity index (χ2n) is 6.36. The number of aromatic nitrogens is 1. The highest BCUT2D eigenvalue weighted by Crippen LogP contribution is 2.22. The number of aryl methyl sites for hydroxylation is 1. The molecular weight excluding hydrogens is 401 g/mol. The Bertz CT molecular complexity index is 963. The predicted octanol–water partition coefficient (Wildman–Crippen LogP) is 3.36. The Morgan fingerprint density at radius 1 is 1.21 bits per heavy atom. The Hall–Kier alpha value is -2.12. The minimum Gasteiger partial charge on any atom is -0.492 e. The van der Waals surface area contributed by atoms with Gasteiger partial charge in [-0.25, -0.2) is 4.79 Å². The van der Waals surface area contributed by atoms with Crippen LogP contribution in [0, 0.1) is 6.92 Å². The molecule has 1 aromatic carbocycles. The second-order valence-corrected chi connectivity index (χ2v) is 6.36. The van der Waals surface area contributed by atoms with E-state index in [0.29, 0.717) is 31.0 Å². The van der Waals surface area contributed by atoms with Gasteiger partial charge in [0.2, 0.25) is 0 Å². The summed E-state index contributed by atoms with van der Waals surface area (Å²) in [6, 6.07) is 11.1. The van der Waals surface area contributed by atoms with Gasteiger partial charge < -0.3 is 20.2 Å². The second kappa shape index (κ2) is 11.0. The first-order valence-corrected chi connectivity index (χ1v) is 8.59. The molecule has 0 saturated heterocycles. The van der Waals surface area contributed by atoms with Gasteiger partial charge in [0.15, 0.2) is 0 Å². The molecule has 1 atom stereocenters. The van der Waals surface area contributed by atoms with Crippen molar-refractivity contribution in [3.05, 3.63) is 69.8 Å². The zero-order valence-corrected chi connectivity index (χ0v) is 17.4. The van der Waals surface area contributed by atoms with Crippen molar-refractivity contribution in [2.24, 2.45) is 5.73 Å². The lowest BCUT2D eigenvalue weighted by atomic mass is 10.1. The summed E-state index contributed by atoms with van der Waals surface area (Å²) in [5.41, 5.74) is 8.74. The molecule has 3 aromatic rings. The molecule has 0 aliphatic rings. The lowest BCUT2D eigenvalue weighted by Crippen LogP contribution is -2.31. The molecule has 2 heterocycles. The van der Waals surface area contributed by atoms with Gasteiger partial charge in [0.25, 0.3) is 0 Å². The van der Waals surface area contributed by atoms with Crippen LogP contribution in [0.2, 0.25) is 0 Å². The van der Waals surface area contributed by atoms with Gasteiger partial charge in [0.05, 0.1) is 5.69 Å². The van der Waals surface area contributed by atoms with E-state index in [9.17, 15) is 4.79 Å². The molecule has 0 spiro atoms. The van der Waals surface area contributed by atoms with Crippen LogP contribution in [0.3, 0.4) is 0 Å². The number of pyridine rings is 1. The molecule has 3 N–H and O–H groups in total. The standard InChI is InChI=1S/C20H23N3O3.2ClH/c1-13-7-20(24)26-19-9-17(3-4-18(13)19)25-12-14(2)23-11-16-8-15(10-21)5-6-22-16;;/h3-9,14,23H,10-12,21H2,1-2H3;2*1H.